The summed E-state index contributed by atoms with van der Waals surface area (Å²) in [6, 6.07) is 37.0. The predicted octanol–water partition coefficient (Wildman–Crippen LogP) is 4.82. The monoisotopic (exact) mass is 501 g/mol. The second kappa shape index (κ2) is 11.0. The van der Waals surface area contributed by atoms with Gasteiger partial charge in [-0.1, -0.05) is 121 Å². The average molecular weight is 502 g/mol. The van der Waals surface area contributed by atoms with Gasteiger partial charge in [0.2, 0.25) is 5.91 Å². The van der Waals surface area contributed by atoms with Crippen LogP contribution in [0.1, 0.15) is 6.92 Å². The van der Waals surface area contributed by atoms with Crippen LogP contribution in [-0.2, 0) is 13.9 Å². The van der Waals surface area contributed by atoms with Crippen molar-refractivity contribution in [2.75, 3.05) is 19.0 Å². The first-order valence-electron chi connectivity index (χ1n) is 11.7. The minimum atomic E-state index is -3.24. The van der Waals surface area contributed by atoms with E-state index < -0.39 is 14.3 Å². The Morgan fingerprint density at radius 1 is 0.571 bits per heavy atom. The number of carbonyl (C=O) groups excluding carboxylic acids is 1. The van der Waals surface area contributed by atoms with Gasteiger partial charge in [-0.25, -0.2) is 0 Å². The van der Waals surface area contributed by atoms with E-state index in [1.807, 2.05) is 128 Å². The van der Waals surface area contributed by atoms with E-state index >= 15 is 0 Å². The van der Waals surface area contributed by atoms with Crippen molar-refractivity contribution in [3.05, 3.63) is 121 Å². The fourth-order valence-corrected chi connectivity index (χ4v) is 9.53. The SMILES string of the molecule is CCN(CP(=O)(c1ccccc1)c1ccccc1)C(=O)CP(=O)(c1ccccc1)c1ccccc1. The summed E-state index contributed by atoms with van der Waals surface area (Å²) >= 11 is 0. The van der Waals surface area contributed by atoms with Gasteiger partial charge in [0.05, 0.1) is 12.4 Å². The molecular formula is C29H29NO3P2. The highest BCUT2D eigenvalue weighted by Gasteiger charge is 2.35. The minimum absolute atomic E-state index is 0.0555. The second-order valence-electron chi connectivity index (χ2n) is 8.37. The molecule has 1 amide bonds. The van der Waals surface area contributed by atoms with E-state index in [9.17, 15) is 13.9 Å². The molecule has 0 radical (unpaired) electrons. The molecule has 0 heterocycles. The number of hydrogen-bond donors (Lipinski definition) is 0. The van der Waals surface area contributed by atoms with Crippen molar-refractivity contribution in [1.29, 1.82) is 0 Å². The van der Waals surface area contributed by atoms with Crippen molar-refractivity contribution >= 4 is 41.4 Å². The molecule has 6 heteroatoms. The van der Waals surface area contributed by atoms with Gasteiger partial charge in [0, 0.05) is 27.8 Å². The summed E-state index contributed by atoms with van der Waals surface area (Å²) in [6.07, 6.45) is -0.0988. The molecule has 35 heavy (non-hydrogen) atoms. The number of carbonyl (C=O) groups is 1. The molecule has 0 saturated heterocycles. The Hall–Kier alpha value is -3.19. The molecule has 0 aliphatic heterocycles. The van der Waals surface area contributed by atoms with Crippen LogP contribution in [-0.4, -0.2) is 29.8 Å². The Balaban J connectivity index is 1.70. The van der Waals surface area contributed by atoms with E-state index in [-0.39, 0.29) is 18.4 Å². The molecule has 0 atom stereocenters. The largest absolute Gasteiger partial charge is 0.335 e. The summed E-state index contributed by atoms with van der Waals surface area (Å²) in [5.41, 5.74) is 0. The Bertz CT molecular complexity index is 1260. The zero-order valence-corrected chi connectivity index (χ0v) is 21.5. The van der Waals surface area contributed by atoms with E-state index in [1.165, 1.54) is 0 Å². The van der Waals surface area contributed by atoms with Gasteiger partial charge in [-0.15, -0.1) is 0 Å². The van der Waals surface area contributed by atoms with Crippen LogP contribution in [0.25, 0.3) is 0 Å². The van der Waals surface area contributed by atoms with Gasteiger partial charge in [-0.2, -0.15) is 0 Å². The molecule has 0 aliphatic rings. The molecule has 178 valence electrons. The molecule has 0 unspecified atom stereocenters. The molecule has 0 fully saturated rings. The average Bonchev–Trinajstić information content (AvgIpc) is 2.93. The van der Waals surface area contributed by atoms with Crippen LogP contribution in [0.4, 0.5) is 0 Å². The minimum Gasteiger partial charge on any atom is -0.335 e. The third-order valence-corrected chi connectivity index (χ3v) is 12.1. The molecule has 0 bridgehead atoms. The van der Waals surface area contributed by atoms with Gasteiger partial charge in [0.15, 0.2) is 14.3 Å². The number of benzene rings is 4. The highest BCUT2D eigenvalue weighted by molar-refractivity contribution is 7.79. The van der Waals surface area contributed by atoms with Gasteiger partial charge < -0.3 is 14.0 Å². The van der Waals surface area contributed by atoms with Crippen molar-refractivity contribution in [3.63, 3.8) is 0 Å². The molecule has 4 aromatic rings. The van der Waals surface area contributed by atoms with Crippen LogP contribution in [0, 0.1) is 0 Å². The standard InChI is InChI=1S/C29H29NO3P2/c1-2-30(24-35(33,27-19-11-5-12-20-27)28-21-13-6-14-22-28)29(31)23-34(32,25-15-7-3-8-16-25)26-17-9-4-10-18-26/h3-22H,2,23-24H2,1H3. The third-order valence-electron chi connectivity index (χ3n) is 6.16. The molecule has 0 spiro atoms. The van der Waals surface area contributed by atoms with Crippen LogP contribution in [0.3, 0.4) is 0 Å². The fourth-order valence-electron chi connectivity index (χ4n) is 4.21. The maximum Gasteiger partial charge on any atom is 0.231 e. The van der Waals surface area contributed by atoms with E-state index in [0.717, 1.165) is 0 Å². The van der Waals surface area contributed by atoms with Gasteiger partial charge in [0.25, 0.3) is 0 Å². The topological polar surface area (TPSA) is 54.5 Å². The van der Waals surface area contributed by atoms with Crippen LogP contribution in [0.5, 0.6) is 0 Å². The molecule has 4 nitrogen and oxygen atoms in total. The second-order valence-corrected chi connectivity index (χ2v) is 14.0. The Labute approximate surface area is 207 Å². The summed E-state index contributed by atoms with van der Waals surface area (Å²) in [7, 11) is -6.38. The lowest BCUT2D eigenvalue weighted by atomic mass is 10.4. The predicted molar refractivity (Wildman–Crippen MR) is 147 cm³/mol. The molecule has 0 aliphatic carbocycles. The third kappa shape index (κ3) is 5.40. The van der Waals surface area contributed by atoms with Crippen molar-refractivity contribution in [1.82, 2.24) is 4.90 Å². The van der Waals surface area contributed by atoms with Crippen molar-refractivity contribution in [3.8, 4) is 0 Å². The number of nitrogens with zero attached hydrogens (tertiary/aromatic N) is 1. The number of amides is 1. The lowest BCUT2D eigenvalue weighted by molar-refractivity contribution is -0.127. The Kier molecular flexibility index (Phi) is 7.86. The highest BCUT2D eigenvalue weighted by Crippen LogP contribution is 2.46. The van der Waals surface area contributed by atoms with E-state index in [2.05, 4.69) is 0 Å². The first-order chi connectivity index (χ1) is 17.0. The van der Waals surface area contributed by atoms with Crippen LogP contribution >= 0.6 is 14.3 Å². The summed E-state index contributed by atoms with van der Waals surface area (Å²) in [5.74, 6) is -0.268. The number of hydrogen-bond acceptors (Lipinski definition) is 3. The molecule has 0 N–H and O–H groups in total. The highest BCUT2D eigenvalue weighted by atomic mass is 31.2. The molecule has 0 aromatic heterocycles. The quantitative estimate of drug-likeness (QED) is 0.309. The smallest absolute Gasteiger partial charge is 0.231 e. The molecule has 4 aromatic carbocycles. The maximum absolute atomic E-state index is 14.5. The zero-order valence-electron chi connectivity index (χ0n) is 19.7. The molecule has 0 saturated carbocycles. The van der Waals surface area contributed by atoms with Crippen molar-refractivity contribution in [2.45, 2.75) is 6.92 Å². The fraction of sp³-hybridized carbons (Fsp3) is 0.138. The maximum atomic E-state index is 14.5. The van der Waals surface area contributed by atoms with Gasteiger partial charge in [-0.3, -0.25) is 4.79 Å². The van der Waals surface area contributed by atoms with Crippen LogP contribution < -0.4 is 21.2 Å². The van der Waals surface area contributed by atoms with Crippen molar-refractivity contribution < 1.29 is 13.9 Å². The van der Waals surface area contributed by atoms with E-state index in [1.54, 1.807) is 4.90 Å². The Morgan fingerprint density at radius 3 is 1.20 bits per heavy atom. The zero-order chi connectivity index (χ0) is 24.7. The van der Waals surface area contributed by atoms with Crippen LogP contribution in [0.2, 0.25) is 0 Å². The molecule has 4 rings (SSSR count). The lowest BCUT2D eigenvalue weighted by Crippen LogP contribution is -2.38. The normalized spacial score (nSPS) is 11.7. The summed E-state index contributed by atoms with van der Waals surface area (Å²) in [6.45, 7) is 2.24. The van der Waals surface area contributed by atoms with Gasteiger partial charge in [0.1, 0.15) is 0 Å². The summed E-state index contributed by atoms with van der Waals surface area (Å²) in [5, 5.41) is 2.69. The van der Waals surface area contributed by atoms with Crippen molar-refractivity contribution in [2.24, 2.45) is 0 Å². The summed E-state index contributed by atoms with van der Waals surface area (Å²) < 4.78 is 29.0. The first-order valence-corrected chi connectivity index (χ1v) is 15.4. The van der Waals surface area contributed by atoms with Gasteiger partial charge >= 0.3 is 0 Å². The Morgan fingerprint density at radius 2 is 0.886 bits per heavy atom. The van der Waals surface area contributed by atoms with Crippen LogP contribution in [0.15, 0.2) is 121 Å². The van der Waals surface area contributed by atoms with E-state index in [0.29, 0.717) is 27.8 Å². The summed E-state index contributed by atoms with van der Waals surface area (Å²) in [4.78, 5) is 15.3. The van der Waals surface area contributed by atoms with E-state index in [4.69, 9.17) is 0 Å². The van der Waals surface area contributed by atoms with Gasteiger partial charge in [-0.05, 0) is 6.92 Å². The first kappa shape index (κ1) is 24.9. The lowest BCUT2D eigenvalue weighted by Gasteiger charge is -2.29. The number of rotatable bonds is 9. The molecular weight excluding hydrogens is 472 g/mol.